The second-order valence-corrected chi connectivity index (χ2v) is 5.04. The molecule has 0 spiro atoms. The molecule has 2 aromatic rings. The minimum atomic E-state index is 0.0848. The van der Waals surface area contributed by atoms with Gasteiger partial charge in [0.25, 0.3) is 0 Å². The molecule has 0 radical (unpaired) electrons. The first-order valence-electron chi connectivity index (χ1n) is 5.23. The van der Waals surface area contributed by atoms with Crippen molar-refractivity contribution in [3.63, 3.8) is 0 Å². The number of halogens is 2. The number of azo groups is 1. The second-order valence-electron chi connectivity index (χ2n) is 3.72. The Morgan fingerprint density at radius 3 is 2.61 bits per heavy atom. The summed E-state index contributed by atoms with van der Waals surface area (Å²) >= 11 is 9.31. The lowest BCUT2D eigenvalue weighted by Crippen LogP contribution is -1.75. The van der Waals surface area contributed by atoms with Crippen molar-refractivity contribution in [1.82, 2.24) is 0 Å². The first kappa shape index (κ1) is 13.1. The molecule has 0 aliphatic heterocycles. The van der Waals surface area contributed by atoms with Crippen LogP contribution in [0.25, 0.3) is 0 Å². The molecule has 0 aromatic heterocycles. The second kappa shape index (κ2) is 5.50. The van der Waals surface area contributed by atoms with Crippen LogP contribution in [0.15, 0.2) is 51.1 Å². The summed E-state index contributed by atoms with van der Waals surface area (Å²) in [6, 6.07) is 10.4. The van der Waals surface area contributed by atoms with Crippen molar-refractivity contribution in [3.8, 4) is 5.75 Å². The SMILES string of the molecule is Cc1c(Cl)cccc1N=Nc1cc(Br)ccc1O. The van der Waals surface area contributed by atoms with E-state index >= 15 is 0 Å². The van der Waals surface area contributed by atoms with E-state index in [1.165, 1.54) is 0 Å². The largest absolute Gasteiger partial charge is 0.506 e. The van der Waals surface area contributed by atoms with Crippen LogP contribution in [0.3, 0.4) is 0 Å². The summed E-state index contributed by atoms with van der Waals surface area (Å²) in [6.07, 6.45) is 0. The molecule has 0 saturated carbocycles. The van der Waals surface area contributed by atoms with Gasteiger partial charge in [0.05, 0.1) is 5.69 Å². The van der Waals surface area contributed by atoms with Gasteiger partial charge in [0.1, 0.15) is 11.4 Å². The number of rotatable bonds is 2. The average Bonchev–Trinajstić information content (AvgIpc) is 2.35. The summed E-state index contributed by atoms with van der Waals surface area (Å²) in [7, 11) is 0. The molecule has 0 heterocycles. The van der Waals surface area contributed by atoms with Gasteiger partial charge in [0, 0.05) is 9.50 Å². The Morgan fingerprint density at radius 2 is 1.83 bits per heavy atom. The van der Waals surface area contributed by atoms with Gasteiger partial charge in [-0.25, -0.2) is 0 Å². The molecule has 0 atom stereocenters. The molecule has 18 heavy (non-hydrogen) atoms. The molecular weight excluding hydrogens is 316 g/mol. The standard InChI is InChI=1S/C13H10BrClN2O/c1-8-10(15)3-2-4-11(8)16-17-12-7-9(14)5-6-13(12)18/h2-7,18H,1H3. The van der Waals surface area contributed by atoms with Gasteiger partial charge < -0.3 is 5.11 Å². The fourth-order valence-corrected chi connectivity index (χ4v) is 1.91. The fourth-order valence-electron chi connectivity index (χ4n) is 1.39. The third-order valence-corrected chi connectivity index (χ3v) is 3.34. The number of aromatic hydroxyl groups is 1. The average molecular weight is 326 g/mol. The van der Waals surface area contributed by atoms with Crippen LogP contribution < -0.4 is 0 Å². The summed E-state index contributed by atoms with van der Waals surface area (Å²) in [5.74, 6) is 0.0848. The molecule has 1 N–H and O–H groups in total. The molecule has 0 amide bonds. The Balaban J connectivity index is 2.36. The van der Waals surface area contributed by atoms with E-state index in [9.17, 15) is 5.11 Å². The predicted molar refractivity (Wildman–Crippen MR) is 76.2 cm³/mol. The maximum atomic E-state index is 9.64. The van der Waals surface area contributed by atoms with E-state index in [0.717, 1.165) is 10.0 Å². The van der Waals surface area contributed by atoms with Gasteiger partial charge >= 0.3 is 0 Å². The van der Waals surface area contributed by atoms with Crippen molar-refractivity contribution < 1.29 is 5.11 Å². The van der Waals surface area contributed by atoms with Gasteiger partial charge in [0.2, 0.25) is 0 Å². The van der Waals surface area contributed by atoms with E-state index in [1.807, 2.05) is 19.1 Å². The molecule has 0 bridgehead atoms. The third-order valence-electron chi connectivity index (χ3n) is 2.44. The van der Waals surface area contributed by atoms with Gasteiger partial charge in [-0.2, -0.15) is 5.11 Å². The van der Waals surface area contributed by atoms with Gasteiger partial charge in [-0.1, -0.05) is 33.6 Å². The summed E-state index contributed by atoms with van der Waals surface area (Å²) in [4.78, 5) is 0. The third kappa shape index (κ3) is 2.89. The highest BCUT2D eigenvalue weighted by molar-refractivity contribution is 9.10. The topological polar surface area (TPSA) is 45.0 Å². The zero-order valence-electron chi connectivity index (χ0n) is 9.56. The van der Waals surface area contributed by atoms with Crippen LogP contribution in [0.5, 0.6) is 5.75 Å². The van der Waals surface area contributed by atoms with Crippen molar-refractivity contribution in [3.05, 3.63) is 51.5 Å². The molecule has 0 aliphatic rings. The van der Waals surface area contributed by atoms with Crippen molar-refractivity contribution in [2.45, 2.75) is 6.92 Å². The van der Waals surface area contributed by atoms with E-state index < -0.39 is 0 Å². The maximum Gasteiger partial charge on any atom is 0.143 e. The van der Waals surface area contributed by atoms with Gasteiger partial charge in [-0.05, 0) is 42.8 Å². The lowest BCUT2D eigenvalue weighted by Gasteiger charge is -2.01. The van der Waals surface area contributed by atoms with Gasteiger partial charge in [0.15, 0.2) is 0 Å². The molecule has 2 rings (SSSR count). The molecule has 0 fully saturated rings. The number of hydrogen-bond acceptors (Lipinski definition) is 3. The number of benzene rings is 2. The zero-order chi connectivity index (χ0) is 13.1. The number of phenols is 1. The normalized spacial score (nSPS) is 11.1. The Bertz CT molecular complexity index is 610. The van der Waals surface area contributed by atoms with Crippen LogP contribution >= 0.6 is 27.5 Å². The molecule has 92 valence electrons. The van der Waals surface area contributed by atoms with E-state index in [0.29, 0.717) is 16.4 Å². The predicted octanol–water partition coefficient (Wildman–Crippen LogP) is 5.53. The van der Waals surface area contributed by atoms with Crippen molar-refractivity contribution in [2.75, 3.05) is 0 Å². The Hall–Kier alpha value is -1.39. The highest BCUT2D eigenvalue weighted by Crippen LogP contribution is 2.32. The van der Waals surface area contributed by atoms with Crippen LogP contribution in [0.1, 0.15) is 5.56 Å². The lowest BCUT2D eigenvalue weighted by atomic mass is 10.2. The first-order chi connectivity index (χ1) is 8.58. The van der Waals surface area contributed by atoms with E-state index in [1.54, 1.807) is 24.3 Å². The quantitative estimate of drug-likeness (QED) is 0.725. The molecular formula is C13H10BrClN2O. The first-order valence-corrected chi connectivity index (χ1v) is 6.40. The Labute approximate surface area is 118 Å². The molecule has 0 unspecified atom stereocenters. The molecule has 0 aliphatic carbocycles. The zero-order valence-corrected chi connectivity index (χ0v) is 11.9. The van der Waals surface area contributed by atoms with E-state index in [4.69, 9.17) is 11.6 Å². The van der Waals surface area contributed by atoms with Crippen LogP contribution in [-0.4, -0.2) is 5.11 Å². The summed E-state index contributed by atoms with van der Waals surface area (Å²) in [5.41, 5.74) is 1.95. The summed E-state index contributed by atoms with van der Waals surface area (Å²) in [5, 5.41) is 18.4. The molecule has 0 saturated heterocycles. The van der Waals surface area contributed by atoms with Crippen molar-refractivity contribution in [1.29, 1.82) is 0 Å². The van der Waals surface area contributed by atoms with Crippen molar-refractivity contribution >= 4 is 38.9 Å². The minimum absolute atomic E-state index is 0.0848. The van der Waals surface area contributed by atoms with E-state index in [-0.39, 0.29) is 5.75 Å². The maximum absolute atomic E-state index is 9.64. The molecule has 3 nitrogen and oxygen atoms in total. The van der Waals surface area contributed by atoms with Crippen LogP contribution in [0, 0.1) is 6.92 Å². The smallest absolute Gasteiger partial charge is 0.143 e. The van der Waals surface area contributed by atoms with Gasteiger partial charge in [-0.15, -0.1) is 5.11 Å². The molecule has 2 aromatic carbocycles. The van der Waals surface area contributed by atoms with E-state index in [2.05, 4.69) is 26.2 Å². The minimum Gasteiger partial charge on any atom is -0.506 e. The van der Waals surface area contributed by atoms with Crippen LogP contribution in [0.4, 0.5) is 11.4 Å². The summed E-state index contributed by atoms with van der Waals surface area (Å²) in [6.45, 7) is 1.87. The van der Waals surface area contributed by atoms with Crippen molar-refractivity contribution in [2.24, 2.45) is 10.2 Å². The number of nitrogens with zero attached hydrogens (tertiary/aromatic N) is 2. The highest BCUT2D eigenvalue weighted by Gasteiger charge is 2.03. The Morgan fingerprint density at radius 1 is 1.11 bits per heavy atom. The lowest BCUT2D eigenvalue weighted by molar-refractivity contribution is 0.476. The highest BCUT2D eigenvalue weighted by atomic mass is 79.9. The Kier molecular flexibility index (Phi) is 3.99. The number of phenolic OH excluding ortho intramolecular Hbond substituents is 1. The summed E-state index contributed by atoms with van der Waals surface area (Å²) < 4.78 is 0.831. The van der Waals surface area contributed by atoms with Crippen LogP contribution in [-0.2, 0) is 0 Å². The molecule has 5 heteroatoms. The monoisotopic (exact) mass is 324 g/mol. The van der Waals surface area contributed by atoms with Crippen LogP contribution in [0.2, 0.25) is 5.02 Å². The number of hydrogen-bond donors (Lipinski definition) is 1. The fraction of sp³-hybridized carbons (Fsp3) is 0.0769. The van der Waals surface area contributed by atoms with Gasteiger partial charge in [-0.3, -0.25) is 0 Å².